The smallest absolute Gasteiger partial charge is 0.133 e. The van der Waals surface area contributed by atoms with Gasteiger partial charge >= 0.3 is 0 Å². The Kier molecular flexibility index (Phi) is 4.36. The summed E-state index contributed by atoms with van der Waals surface area (Å²) < 4.78 is 5.19. The molecule has 1 aliphatic rings. The van der Waals surface area contributed by atoms with Crippen molar-refractivity contribution in [1.82, 2.24) is 14.9 Å². The first-order valence-corrected chi connectivity index (χ1v) is 7.58. The summed E-state index contributed by atoms with van der Waals surface area (Å²) in [7, 11) is 3.79. The zero-order valence-electron chi connectivity index (χ0n) is 13.2. The van der Waals surface area contributed by atoms with E-state index in [4.69, 9.17) is 15.5 Å². The lowest BCUT2D eigenvalue weighted by Gasteiger charge is -2.26. The Labute approximate surface area is 131 Å². The van der Waals surface area contributed by atoms with E-state index in [2.05, 4.69) is 29.1 Å². The summed E-state index contributed by atoms with van der Waals surface area (Å²) in [6, 6.07) is 8.04. The van der Waals surface area contributed by atoms with Crippen molar-refractivity contribution in [2.75, 3.05) is 20.7 Å². The number of nitrogens with zero attached hydrogens (tertiary/aromatic N) is 3. The van der Waals surface area contributed by atoms with Crippen LogP contribution in [0.1, 0.15) is 28.3 Å². The maximum atomic E-state index is 5.89. The predicted molar refractivity (Wildman–Crippen MR) is 85.8 cm³/mol. The molecular weight excluding hydrogens is 276 g/mol. The fourth-order valence-corrected chi connectivity index (χ4v) is 2.85. The van der Waals surface area contributed by atoms with Crippen LogP contribution in [0.15, 0.2) is 24.3 Å². The summed E-state index contributed by atoms with van der Waals surface area (Å²) in [4.78, 5) is 11.7. The van der Waals surface area contributed by atoms with Crippen LogP contribution in [0.2, 0.25) is 0 Å². The highest BCUT2D eigenvalue weighted by Crippen LogP contribution is 2.20. The number of hydrogen-bond acceptors (Lipinski definition) is 5. The minimum absolute atomic E-state index is 0.467. The highest BCUT2D eigenvalue weighted by atomic mass is 16.5. The van der Waals surface area contributed by atoms with E-state index in [0.29, 0.717) is 6.54 Å². The molecule has 0 radical (unpaired) electrons. The third kappa shape index (κ3) is 3.10. The van der Waals surface area contributed by atoms with Gasteiger partial charge in [-0.15, -0.1) is 0 Å². The molecule has 0 saturated carbocycles. The van der Waals surface area contributed by atoms with Crippen LogP contribution >= 0.6 is 0 Å². The summed E-state index contributed by atoms with van der Waals surface area (Å²) in [6.07, 6.45) is 1.69. The summed E-state index contributed by atoms with van der Waals surface area (Å²) in [5.74, 6) is 1.72. The van der Waals surface area contributed by atoms with Gasteiger partial charge in [-0.3, -0.25) is 0 Å². The Morgan fingerprint density at radius 1 is 1.23 bits per heavy atom. The summed E-state index contributed by atoms with van der Waals surface area (Å²) in [5, 5.41) is 0. The molecule has 0 spiro atoms. The van der Waals surface area contributed by atoms with Gasteiger partial charge in [-0.2, -0.15) is 0 Å². The second kappa shape index (κ2) is 6.42. The lowest BCUT2D eigenvalue weighted by Crippen LogP contribution is -2.30. The number of methoxy groups -OCH3 is 1. The molecule has 0 fully saturated rings. The van der Waals surface area contributed by atoms with Crippen molar-refractivity contribution in [3.63, 3.8) is 0 Å². The van der Waals surface area contributed by atoms with Crippen molar-refractivity contribution < 1.29 is 4.74 Å². The van der Waals surface area contributed by atoms with Crippen molar-refractivity contribution in [2.24, 2.45) is 5.73 Å². The van der Waals surface area contributed by atoms with Crippen LogP contribution in [-0.2, 0) is 25.9 Å². The normalized spacial score (nSPS) is 14.7. The van der Waals surface area contributed by atoms with Crippen LogP contribution in [0.4, 0.5) is 0 Å². The highest BCUT2D eigenvalue weighted by Gasteiger charge is 2.19. The lowest BCUT2D eigenvalue weighted by molar-refractivity contribution is 0.307. The zero-order valence-corrected chi connectivity index (χ0v) is 13.2. The fraction of sp³-hybridized carbons (Fsp3) is 0.412. The molecule has 3 rings (SSSR count). The van der Waals surface area contributed by atoms with Crippen molar-refractivity contribution in [3.8, 4) is 5.75 Å². The third-order valence-electron chi connectivity index (χ3n) is 4.10. The van der Waals surface area contributed by atoms with Gasteiger partial charge < -0.3 is 15.4 Å². The first-order chi connectivity index (χ1) is 10.7. The van der Waals surface area contributed by atoms with E-state index in [-0.39, 0.29) is 0 Å². The van der Waals surface area contributed by atoms with E-state index in [1.807, 2.05) is 12.1 Å². The van der Waals surface area contributed by atoms with E-state index in [0.717, 1.165) is 48.9 Å². The Hall–Kier alpha value is -1.98. The van der Waals surface area contributed by atoms with Gasteiger partial charge in [0.2, 0.25) is 0 Å². The molecular formula is C17H22N4O. The maximum absolute atomic E-state index is 5.89. The molecule has 0 amide bonds. The number of rotatable bonds is 4. The third-order valence-corrected chi connectivity index (χ3v) is 4.10. The van der Waals surface area contributed by atoms with E-state index in [1.54, 1.807) is 7.11 Å². The minimum atomic E-state index is 0.467. The largest absolute Gasteiger partial charge is 0.497 e. The van der Waals surface area contributed by atoms with Crippen LogP contribution < -0.4 is 10.5 Å². The molecule has 0 unspecified atom stereocenters. The fourth-order valence-electron chi connectivity index (χ4n) is 2.85. The van der Waals surface area contributed by atoms with E-state index in [9.17, 15) is 0 Å². The number of likely N-dealkylation sites (N-methyl/N-ethyl adjacent to an activating group) is 1. The molecule has 0 saturated heterocycles. The second-order valence-corrected chi connectivity index (χ2v) is 5.73. The monoisotopic (exact) mass is 298 g/mol. The van der Waals surface area contributed by atoms with Gasteiger partial charge in [0, 0.05) is 38.0 Å². The number of aromatic nitrogens is 2. The molecule has 1 aromatic heterocycles. The van der Waals surface area contributed by atoms with E-state index < -0.39 is 0 Å². The van der Waals surface area contributed by atoms with Crippen molar-refractivity contribution in [2.45, 2.75) is 25.9 Å². The summed E-state index contributed by atoms with van der Waals surface area (Å²) in [5.41, 5.74) is 10.4. The quantitative estimate of drug-likeness (QED) is 0.927. The van der Waals surface area contributed by atoms with Crippen LogP contribution in [-0.4, -0.2) is 35.6 Å². The predicted octanol–water partition coefficient (Wildman–Crippen LogP) is 1.52. The summed E-state index contributed by atoms with van der Waals surface area (Å²) in [6.45, 7) is 2.40. The maximum Gasteiger partial charge on any atom is 0.133 e. The first-order valence-electron chi connectivity index (χ1n) is 7.58. The van der Waals surface area contributed by atoms with Crippen molar-refractivity contribution in [1.29, 1.82) is 0 Å². The van der Waals surface area contributed by atoms with E-state index >= 15 is 0 Å². The minimum Gasteiger partial charge on any atom is -0.497 e. The number of ether oxygens (including phenoxy) is 1. The Bertz CT molecular complexity index is 637. The lowest BCUT2D eigenvalue weighted by atomic mass is 10.0. The van der Waals surface area contributed by atoms with Gasteiger partial charge in [-0.25, -0.2) is 9.97 Å². The number of hydrogen-bond donors (Lipinski definition) is 1. The standard InChI is InChI=1S/C17H22N4O/c1-21-8-7-15-14(11-21)16(10-18)20-17(19-15)9-12-3-5-13(22-2)6-4-12/h3-6H,7-11,18H2,1-2H3. The average molecular weight is 298 g/mol. The molecule has 5 nitrogen and oxygen atoms in total. The Morgan fingerprint density at radius 2 is 2.00 bits per heavy atom. The van der Waals surface area contributed by atoms with Gasteiger partial charge in [-0.1, -0.05) is 12.1 Å². The van der Waals surface area contributed by atoms with Crippen LogP contribution in [0.3, 0.4) is 0 Å². The van der Waals surface area contributed by atoms with Gasteiger partial charge in [-0.05, 0) is 24.7 Å². The van der Waals surface area contributed by atoms with Gasteiger partial charge in [0.15, 0.2) is 0 Å². The Morgan fingerprint density at radius 3 is 2.68 bits per heavy atom. The van der Waals surface area contributed by atoms with Gasteiger partial charge in [0.1, 0.15) is 11.6 Å². The molecule has 0 bridgehead atoms. The first kappa shape index (κ1) is 14.9. The van der Waals surface area contributed by atoms with Crippen LogP contribution in [0, 0.1) is 0 Å². The van der Waals surface area contributed by atoms with Crippen molar-refractivity contribution >= 4 is 0 Å². The summed E-state index contributed by atoms with van der Waals surface area (Å²) >= 11 is 0. The number of fused-ring (bicyclic) bond motifs is 1. The average Bonchev–Trinajstić information content (AvgIpc) is 2.55. The SMILES string of the molecule is COc1ccc(Cc2nc(CN)c3c(n2)CCN(C)C3)cc1. The van der Waals surface area contributed by atoms with Gasteiger partial charge in [0.05, 0.1) is 18.5 Å². The molecule has 2 aromatic rings. The van der Waals surface area contributed by atoms with Crippen LogP contribution in [0.25, 0.3) is 0 Å². The number of nitrogens with two attached hydrogens (primary N) is 1. The molecule has 22 heavy (non-hydrogen) atoms. The molecule has 2 heterocycles. The zero-order chi connectivity index (χ0) is 15.5. The molecule has 5 heteroatoms. The molecule has 0 aliphatic carbocycles. The Balaban J connectivity index is 1.87. The molecule has 2 N–H and O–H groups in total. The van der Waals surface area contributed by atoms with Gasteiger partial charge in [0.25, 0.3) is 0 Å². The second-order valence-electron chi connectivity index (χ2n) is 5.73. The topological polar surface area (TPSA) is 64.3 Å². The molecule has 116 valence electrons. The van der Waals surface area contributed by atoms with Crippen molar-refractivity contribution in [3.05, 3.63) is 52.6 Å². The van der Waals surface area contributed by atoms with Crippen LogP contribution in [0.5, 0.6) is 5.75 Å². The molecule has 1 aromatic carbocycles. The molecule has 1 aliphatic heterocycles. The van der Waals surface area contributed by atoms with E-state index in [1.165, 1.54) is 11.1 Å². The number of benzene rings is 1. The molecule has 0 atom stereocenters. The highest BCUT2D eigenvalue weighted by molar-refractivity contribution is 5.32.